The monoisotopic (exact) mass is 354 g/mol. The Bertz CT molecular complexity index is 626. The van der Waals surface area contributed by atoms with E-state index in [0.29, 0.717) is 6.42 Å². The second-order valence-corrected chi connectivity index (χ2v) is 8.10. The number of carbonyl (C=O) groups is 1. The number of carbonyl (C=O) groups excluding carboxylic acids is 1. The van der Waals surface area contributed by atoms with Crippen LogP contribution in [0.3, 0.4) is 0 Å². The number of hydrogen-bond acceptors (Lipinski definition) is 4. The molecular formula is C22H30N2O2. The van der Waals surface area contributed by atoms with E-state index in [0.717, 1.165) is 18.4 Å². The van der Waals surface area contributed by atoms with E-state index >= 15 is 0 Å². The molecule has 2 aromatic rings. The van der Waals surface area contributed by atoms with Crippen molar-refractivity contribution in [3.8, 4) is 0 Å². The second-order valence-electron chi connectivity index (χ2n) is 8.10. The molecule has 0 radical (unpaired) electrons. The van der Waals surface area contributed by atoms with Gasteiger partial charge in [-0.15, -0.1) is 0 Å². The summed E-state index contributed by atoms with van der Waals surface area (Å²) in [5.74, 6) is -0.130. The molecule has 1 aliphatic rings. The number of piperidine rings is 1. The van der Waals surface area contributed by atoms with E-state index in [1.165, 1.54) is 0 Å². The van der Waals surface area contributed by atoms with Gasteiger partial charge in [-0.2, -0.15) is 0 Å². The number of aromatic nitrogens is 1. The number of nitrogens with zero attached hydrogens (tertiary/aromatic N) is 1. The molecule has 1 N–H and O–H groups in total. The molecule has 0 saturated carbocycles. The van der Waals surface area contributed by atoms with Crippen LogP contribution in [-0.2, 0) is 16.0 Å². The first kappa shape index (κ1) is 20.1. The Morgan fingerprint density at radius 3 is 2.00 bits per heavy atom. The fraction of sp³-hybridized carbons (Fsp3) is 0.455. The van der Waals surface area contributed by atoms with Gasteiger partial charge in [0.25, 0.3) is 0 Å². The first-order valence-corrected chi connectivity index (χ1v) is 9.14. The predicted molar refractivity (Wildman–Crippen MR) is 105 cm³/mol. The zero-order valence-electron chi connectivity index (χ0n) is 16.2. The van der Waals surface area contributed by atoms with E-state index < -0.39 is 0 Å². The maximum absolute atomic E-state index is 12.1. The smallest absolute Gasteiger partial charge is 0.310 e. The molecule has 2 heterocycles. The molecule has 26 heavy (non-hydrogen) atoms. The van der Waals surface area contributed by atoms with Gasteiger partial charge in [0.15, 0.2) is 0 Å². The Kier molecular flexibility index (Phi) is 6.92. The maximum atomic E-state index is 12.1. The van der Waals surface area contributed by atoms with Crippen LogP contribution in [0.5, 0.6) is 0 Å². The van der Waals surface area contributed by atoms with E-state index in [1.54, 1.807) is 12.4 Å². The van der Waals surface area contributed by atoms with Crippen molar-refractivity contribution in [2.24, 2.45) is 0 Å². The zero-order chi connectivity index (χ0) is 19.0. The molecule has 3 rings (SSSR count). The molecule has 1 aromatic carbocycles. The third-order valence-electron chi connectivity index (χ3n) is 4.21. The highest BCUT2D eigenvalue weighted by molar-refractivity contribution is 5.72. The number of rotatable bonds is 3. The normalized spacial score (nSPS) is 18.3. The van der Waals surface area contributed by atoms with Crippen LogP contribution in [0.15, 0.2) is 60.9 Å². The van der Waals surface area contributed by atoms with Crippen LogP contribution in [0.1, 0.15) is 46.1 Å². The molecule has 4 heteroatoms. The minimum absolute atomic E-state index is 0.000552. The van der Waals surface area contributed by atoms with Crippen molar-refractivity contribution in [1.82, 2.24) is 10.3 Å². The molecule has 140 valence electrons. The lowest BCUT2D eigenvalue weighted by Crippen LogP contribution is -2.59. The molecule has 4 nitrogen and oxygen atoms in total. The number of nitrogens with one attached hydrogen (secondary N) is 1. The van der Waals surface area contributed by atoms with Crippen molar-refractivity contribution in [1.29, 1.82) is 0 Å². The van der Waals surface area contributed by atoms with Crippen molar-refractivity contribution < 1.29 is 9.53 Å². The lowest BCUT2D eigenvalue weighted by atomic mass is 9.81. The van der Waals surface area contributed by atoms with Gasteiger partial charge in [-0.3, -0.25) is 9.78 Å². The van der Waals surface area contributed by atoms with Crippen molar-refractivity contribution >= 4 is 5.97 Å². The number of pyridine rings is 1. The summed E-state index contributed by atoms with van der Waals surface area (Å²) in [6, 6.07) is 15.5. The average molecular weight is 354 g/mol. The maximum Gasteiger partial charge on any atom is 0.310 e. The van der Waals surface area contributed by atoms with Gasteiger partial charge < -0.3 is 10.1 Å². The van der Waals surface area contributed by atoms with Crippen LogP contribution in [0, 0.1) is 0 Å². The van der Waals surface area contributed by atoms with Gasteiger partial charge in [-0.05, 0) is 45.4 Å². The van der Waals surface area contributed by atoms with E-state index in [-0.39, 0.29) is 23.2 Å². The van der Waals surface area contributed by atoms with Crippen LogP contribution >= 0.6 is 0 Å². The molecule has 0 unspecified atom stereocenters. The summed E-state index contributed by atoms with van der Waals surface area (Å²) in [7, 11) is 0. The lowest BCUT2D eigenvalue weighted by Gasteiger charge is -2.45. The predicted octanol–water partition coefficient (Wildman–Crippen LogP) is 4.16. The second kappa shape index (κ2) is 8.95. The van der Waals surface area contributed by atoms with Crippen molar-refractivity contribution in [3.63, 3.8) is 0 Å². The summed E-state index contributed by atoms with van der Waals surface area (Å²) in [4.78, 5) is 15.8. The molecule has 1 aromatic heterocycles. The quantitative estimate of drug-likeness (QED) is 0.841. The molecule has 1 saturated heterocycles. The van der Waals surface area contributed by atoms with E-state index in [4.69, 9.17) is 4.74 Å². The highest BCUT2D eigenvalue weighted by Crippen LogP contribution is 2.30. The molecule has 0 bridgehead atoms. The van der Waals surface area contributed by atoms with Gasteiger partial charge in [0, 0.05) is 36.3 Å². The number of esters is 1. The highest BCUT2D eigenvalue weighted by Gasteiger charge is 2.39. The Labute approximate surface area is 157 Å². The van der Waals surface area contributed by atoms with E-state index in [1.807, 2.05) is 48.5 Å². The molecule has 1 aliphatic heterocycles. The summed E-state index contributed by atoms with van der Waals surface area (Å²) >= 11 is 0. The Balaban J connectivity index is 0.000000342. The summed E-state index contributed by atoms with van der Waals surface area (Å²) in [5, 5.41) is 3.59. The average Bonchev–Trinajstić information content (AvgIpc) is 2.55. The first-order chi connectivity index (χ1) is 12.3. The summed E-state index contributed by atoms with van der Waals surface area (Å²) < 4.78 is 5.69. The van der Waals surface area contributed by atoms with Crippen molar-refractivity contribution in [2.45, 2.75) is 64.1 Å². The molecule has 1 fully saturated rings. The Hall–Kier alpha value is -2.20. The van der Waals surface area contributed by atoms with Gasteiger partial charge in [0.2, 0.25) is 0 Å². The SMILES string of the molecule is CC1(C)CC(OC(=O)Cc2ccccc2)CC(C)(C)N1.c1ccncc1. The number of ether oxygens (including phenoxy) is 1. The van der Waals surface area contributed by atoms with Gasteiger partial charge in [-0.1, -0.05) is 36.4 Å². The van der Waals surface area contributed by atoms with Crippen LogP contribution in [0.4, 0.5) is 0 Å². The summed E-state index contributed by atoms with van der Waals surface area (Å²) in [6.45, 7) is 8.63. The minimum Gasteiger partial charge on any atom is -0.462 e. The summed E-state index contributed by atoms with van der Waals surface area (Å²) in [6.07, 6.45) is 5.57. The number of benzene rings is 1. The lowest BCUT2D eigenvalue weighted by molar-refractivity contribution is -0.152. The van der Waals surface area contributed by atoms with Crippen molar-refractivity contribution in [2.75, 3.05) is 0 Å². The highest BCUT2D eigenvalue weighted by atomic mass is 16.5. The third-order valence-corrected chi connectivity index (χ3v) is 4.21. The van der Waals surface area contributed by atoms with Gasteiger partial charge in [-0.25, -0.2) is 0 Å². The Morgan fingerprint density at radius 1 is 1.00 bits per heavy atom. The molecule has 0 atom stereocenters. The van der Waals surface area contributed by atoms with E-state index in [2.05, 4.69) is 38.0 Å². The summed E-state index contributed by atoms with van der Waals surface area (Å²) in [5.41, 5.74) is 1.00. The first-order valence-electron chi connectivity index (χ1n) is 9.14. The molecular weight excluding hydrogens is 324 g/mol. The van der Waals surface area contributed by atoms with E-state index in [9.17, 15) is 4.79 Å². The van der Waals surface area contributed by atoms with Gasteiger partial charge >= 0.3 is 5.97 Å². The van der Waals surface area contributed by atoms with Crippen LogP contribution < -0.4 is 5.32 Å². The van der Waals surface area contributed by atoms with Gasteiger partial charge in [0.05, 0.1) is 6.42 Å². The fourth-order valence-electron chi connectivity index (χ4n) is 3.61. The largest absolute Gasteiger partial charge is 0.462 e. The Morgan fingerprint density at radius 2 is 1.54 bits per heavy atom. The standard InChI is InChI=1S/C17H25NO2.C5H5N/c1-16(2)11-14(12-17(3,4)18-16)20-15(19)10-13-8-6-5-7-9-13;1-2-4-6-5-3-1/h5-9,14,18H,10-12H2,1-4H3;1-5H. The van der Waals surface area contributed by atoms with Crippen LogP contribution in [0.25, 0.3) is 0 Å². The van der Waals surface area contributed by atoms with Gasteiger partial charge in [0.1, 0.15) is 6.10 Å². The van der Waals surface area contributed by atoms with Crippen LogP contribution in [-0.4, -0.2) is 28.1 Å². The molecule has 0 aliphatic carbocycles. The van der Waals surface area contributed by atoms with Crippen molar-refractivity contribution in [3.05, 3.63) is 66.5 Å². The third kappa shape index (κ3) is 7.36. The van der Waals surface area contributed by atoms with Crippen LogP contribution in [0.2, 0.25) is 0 Å². The zero-order valence-corrected chi connectivity index (χ0v) is 16.2. The topological polar surface area (TPSA) is 51.2 Å². The fourth-order valence-corrected chi connectivity index (χ4v) is 3.61. The molecule has 0 amide bonds. The number of hydrogen-bond donors (Lipinski definition) is 1. The minimum atomic E-state index is -0.130. The molecule has 0 spiro atoms.